The summed E-state index contributed by atoms with van der Waals surface area (Å²) in [6, 6.07) is 13.6. The Kier molecular flexibility index (Phi) is 7.20. The summed E-state index contributed by atoms with van der Waals surface area (Å²) in [5.41, 5.74) is 1.48. The van der Waals surface area contributed by atoms with Crippen LogP contribution in [0.4, 0.5) is 5.69 Å². The van der Waals surface area contributed by atoms with Gasteiger partial charge in [-0.25, -0.2) is 4.79 Å². The van der Waals surface area contributed by atoms with E-state index in [-0.39, 0.29) is 18.1 Å². The highest BCUT2D eigenvalue weighted by atomic mass is 35.5. The number of carbonyl (C=O) groups is 1. The molecule has 1 amide bonds. The Hall–Kier alpha value is -3.34. The molecule has 0 saturated heterocycles. The number of benzene rings is 2. The topological polar surface area (TPSA) is 126 Å². The molecule has 0 aliphatic heterocycles. The van der Waals surface area contributed by atoms with Gasteiger partial charge in [-0.15, -0.1) is 10.2 Å². The Bertz CT molecular complexity index is 1430. The van der Waals surface area contributed by atoms with Crippen molar-refractivity contribution in [1.82, 2.24) is 24.7 Å². The van der Waals surface area contributed by atoms with Gasteiger partial charge >= 0.3 is 5.69 Å². The zero-order valence-corrected chi connectivity index (χ0v) is 20.1. The predicted octanol–water partition coefficient (Wildman–Crippen LogP) is 3.58. The van der Waals surface area contributed by atoms with Gasteiger partial charge in [0.25, 0.3) is 5.56 Å². The number of hydrogen-bond acceptors (Lipinski definition) is 6. The molecule has 2 aromatic carbocycles. The van der Waals surface area contributed by atoms with Crippen molar-refractivity contribution in [3.8, 4) is 5.69 Å². The molecule has 2 aromatic heterocycles. The summed E-state index contributed by atoms with van der Waals surface area (Å²) in [6.45, 7) is 1.88. The lowest BCUT2D eigenvalue weighted by atomic mass is 10.2. The number of halogens is 2. The molecular weight excluding hydrogens is 499 g/mol. The van der Waals surface area contributed by atoms with E-state index in [0.29, 0.717) is 38.1 Å². The summed E-state index contributed by atoms with van der Waals surface area (Å²) in [7, 11) is 0. The molecule has 0 spiro atoms. The van der Waals surface area contributed by atoms with Gasteiger partial charge in [-0.1, -0.05) is 41.0 Å². The molecule has 0 aliphatic carbocycles. The molecule has 3 N–H and O–H groups in total. The minimum atomic E-state index is -0.609. The lowest BCUT2D eigenvalue weighted by Gasteiger charge is -2.11. The van der Waals surface area contributed by atoms with Gasteiger partial charge in [0.15, 0.2) is 5.16 Å². The molecule has 0 atom stereocenters. The second kappa shape index (κ2) is 10.3. The number of aromatic nitrogens is 5. The smallest absolute Gasteiger partial charge is 0.325 e. The average molecular weight is 517 g/mol. The standard InChI is InChI=1S/C22H18Cl2N6O3S/c1-12-2-5-14(8-17(12)24)25-20(32)11-34-22-29-28-18(9-15-10-19(31)27-21(33)26-15)30(22)16-6-3-13(23)4-7-16/h2-8,10H,9,11H2,1H3,(H,25,32)(H2,26,27,31,33). The van der Waals surface area contributed by atoms with Gasteiger partial charge < -0.3 is 10.3 Å². The number of anilines is 1. The zero-order valence-electron chi connectivity index (χ0n) is 17.8. The van der Waals surface area contributed by atoms with E-state index in [0.717, 1.165) is 5.56 Å². The van der Waals surface area contributed by atoms with Gasteiger partial charge in [-0.2, -0.15) is 0 Å². The molecule has 174 valence electrons. The Balaban J connectivity index is 1.58. The molecule has 9 nitrogen and oxygen atoms in total. The quantitative estimate of drug-likeness (QED) is 0.322. The minimum absolute atomic E-state index is 0.0685. The third-order valence-corrected chi connectivity index (χ3v) is 6.33. The molecule has 0 radical (unpaired) electrons. The van der Waals surface area contributed by atoms with Crippen molar-refractivity contribution in [3.63, 3.8) is 0 Å². The third kappa shape index (κ3) is 5.77. The second-order valence-corrected chi connectivity index (χ2v) is 9.09. The lowest BCUT2D eigenvalue weighted by Crippen LogP contribution is -2.23. The van der Waals surface area contributed by atoms with Crippen LogP contribution in [-0.4, -0.2) is 36.4 Å². The number of aromatic amines is 2. The van der Waals surface area contributed by atoms with E-state index in [1.165, 1.54) is 17.8 Å². The highest BCUT2D eigenvalue weighted by Gasteiger charge is 2.17. The molecule has 0 unspecified atom stereocenters. The maximum atomic E-state index is 12.5. The Labute approximate surface area is 207 Å². The normalized spacial score (nSPS) is 10.9. The summed E-state index contributed by atoms with van der Waals surface area (Å²) in [6.07, 6.45) is 0.142. The van der Waals surface area contributed by atoms with Crippen LogP contribution in [-0.2, 0) is 11.2 Å². The number of nitrogens with zero attached hydrogens (tertiary/aromatic N) is 3. The number of thioether (sulfide) groups is 1. The summed E-state index contributed by atoms with van der Waals surface area (Å²) in [4.78, 5) is 40.6. The van der Waals surface area contributed by atoms with E-state index in [2.05, 4.69) is 25.5 Å². The van der Waals surface area contributed by atoms with Gasteiger partial charge in [-0.05, 0) is 48.9 Å². The molecule has 0 aliphatic rings. The van der Waals surface area contributed by atoms with Crippen LogP contribution in [0.25, 0.3) is 5.69 Å². The maximum absolute atomic E-state index is 12.5. The first-order valence-electron chi connectivity index (χ1n) is 10.00. The first-order chi connectivity index (χ1) is 16.3. The molecule has 4 rings (SSSR count). The first kappa shape index (κ1) is 23.8. The van der Waals surface area contributed by atoms with Gasteiger partial charge in [0, 0.05) is 39.6 Å². The number of aryl methyl sites for hydroxylation is 1. The van der Waals surface area contributed by atoms with E-state index in [1.54, 1.807) is 41.0 Å². The first-order valence-corrected chi connectivity index (χ1v) is 11.7. The molecule has 0 bridgehead atoms. The van der Waals surface area contributed by atoms with Crippen molar-refractivity contribution in [3.05, 3.63) is 96.5 Å². The summed E-state index contributed by atoms with van der Waals surface area (Å²) >= 11 is 13.3. The minimum Gasteiger partial charge on any atom is -0.325 e. The molecule has 34 heavy (non-hydrogen) atoms. The highest BCUT2D eigenvalue weighted by molar-refractivity contribution is 7.99. The van der Waals surface area contributed by atoms with Crippen molar-refractivity contribution in [1.29, 1.82) is 0 Å². The number of nitrogens with one attached hydrogen (secondary N) is 3. The molecular formula is C22H18Cl2N6O3S. The van der Waals surface area contributed by atoms with Gasteiger partial charge in [0.05, 0.1) is 5.75 Å². The molecule has 0 saturated carbocycles. The molecule has 12 heteroatoms. The van der Waals surface area contributed by atoms with Gasteiger partial charge in [0.1, 0.15) is 5.82 Å². The summed E-state index contributed by atoms with van der Waals surface area (Å²) < 4.78 is 1.75. The van der Waals surface area contributed by atoms with Crippen LogP contribution in [0.2, 0.25) is 10.0 Å². The number of amides is 1. The Morgan fingerprint density at radius 2 is 1.82 bits per heavy atom. The van der Waals surface area contributed by atoms with E-state index in [9.17, 15) is 14.4 Å². The average Bonchev–Trinajstić information content (AvgIpc) is 3.17. The van der Waals surface area contributed by atoms with E-state index >= 15 is 0 Å². The Morgan fingerprint density at radius 1 is 1.06 bits per heavy atom. The number of rotatable bonds is 7. The van der Waals surface area contributed by atoms with Crippen molar-refractivity contribution in [2.45, 2.75) is 18.5 Å². The number of H-pyrrole nitrogens is 2. The third-order valence-electron chi connectivity index (χ3n) is 4.74. The molecule has 0 fully saturated rings. The fourth-order valence-electron chi connectivity index (χ4n) is 3.14. The van der Waals surface area contributed by atoms with Crippen LogP contribution >= 0.6 is 35.0 Å². The largest absolute Gasteiger partial charge is 0.325 e. The van der Waals surface area contributed by atoms with E-state index in [4.69, 9.17) is 23.2 Å². The van der Waals surface area contributed by atoms with Crippen LogP contribution in [0.5, 0.6) is 0 Å². The van der Waals surface area contributed by atoms with Crippen LogP contribution in [0.3, 0.4) is 0 Å². The fourth-order valence-corrected chi connectivity index (χ4v) is 4.22. The van der Waals surface area contributed by atoms with Crippen molar-refractivity contribution >= 4 is 46.6 Å². The van der Waals surface area contributed by atoms with Crippen molar-refractivity contribution in [2.24, 2.45) is 0 Å². The van der Waals surface area contributed by atoms with Crippen LogP contribution in [0, 0.1) is 6.92 Å². The number of carbonyl (C=O) groups excluding carboxylic acids is 1. The monoisotopic (exact) mass is 516 g/mol. The van der Waals surface area contributed by atoms with Crippen molar-refractivity contribution < 1.29 is 4.79 Å². The Morgan fingerprint density at radius 3 is 2.53 bits per heavy atom. The van der Waals surface area contributed by atoms with E-state index < -0.39 is 11.2 Å². The highest BCUT2D eigenvalue weighted by Crippen LogP contribution is 2.25. The summed E-state index contributed by atoms with van der Waals surface area (Å²) in [5.74, 6) is 0.298. The van der Waals surface area contributed by atoms with Crippen LogP contribution in [0.1, 0.15) is 17.1 Å². The zero-order chi connectivity index (χ0) is 24.2. The van der Waals surface area contributed by atoms with Crippen molar-refractivity contribution in [2.75, 3.05) is 11.1 Å². The van der Waals surface area contributed by atoms with Gasteiger partial charge in [0.2, 0.25) is 5.91 Å². The van der Waals surface area contributed by atoms with E-state index in [1.807, 2.05) is 13.0 Å². The van der Waals surface area contributed by atoms with Gasteiger partial charge in [-0.3, -0.25) is 19.1 Å². The second-order valence-electron chi connectivity index (χ2n) is 7.30. The van der Waals surface area contributed by atoms with Crippen LogP contribution < -0.4 is 16.6 Å². The molecule has 2 heterocycles. The number of hydrogen-bond donors (Lipinski definition) is 3. The fraction of sp³-hybridized carbons (Fsp3) is 0.136. The predicted molar refractivity (Wildman–Crippen MR) is 132 cm³/mol. The summed E-state index contributed by atoms with van der Waals surface area (Å²) in [5, 5.41) is 12.8. The SMILES string of the molecule is Cc1ccc(NC(=O)CSc2nnc(Cc3cc(=O)[nH]c(=O)[nH]3)n2-c2ccc(Cl)cc2)cc1Cl. The van der Waals surface area contributed by atoms with Crippen LogP contribution in [0.15, 0.2) is 63.3 Å². The molecule has 4 aromatic rings. The lowest BCUT2D eigenvalue weighted by molar-refractivity contribution is -0.113. The maximum Gasteiger partial charge on any atom is 0.325 e.